The van der Waals surface area contributed by atoms with Crippen molar-refractivity contribution < 1.29 is 4.74 Å². The molecule has 0 unspecified atom stereocenters. The lowest BCUT2D eigenvalue weighted by Gasteiger charge is -2.02. The van der Waals surface area contributed by atoms with Crippen molar-refractivity contribution in [2.75, 3.05) is 18.9 Å². The molecule has 2 N–H and O–H groups in total. The van der Waals surface area contributed by atoms with Gasteiger partial charge in [-0.1, -0.05) is 0 Å². The number of anilines is 1. The van der Waals surface area contributed by atoms with Gasteiger partial charge in [0, 0.05) is 19.2 Å². The van der Waals surface area contributed by atoms with Gasteiger partial charge in [-0.3, -0.25) is 0 Å². The zero-order chi connectivity index (χ0) is 9.68. The van der Waals surface area contributed by atoms with Crippen LogP contribution in [0.3, 0.4) is 0 Å². The number of hydrogen-bond acceptors (Lipinski definition) is 4. The normalized spacial score (nSPS) is 10.3. The number of aromatic nitrogens is 2. The minimum absolute atomic E-state index is 0.544. The van der Waals surface area contributed by atoms with Crippen molar-refractivity contribution >= 4 is 28.4 Å². The van der Waals surface area contributed by atoms with Crippen LogP contribution in [-0.2, 0) is 11.2 Å². The molecule has 1 rings (SSSR count). The molecule has 4 nitrogen and oxygen atoms in total. The van der Waals surface area contributed by atoms with E-state index in [1.165, 1.54) is 0 Å². The van der Waals surface area contributed by atoms with Crippen molar-refractivity contribution in [3.05, 3.63) is 15.6 Å². The molecular formula is C8H12IN3O. The van der Waals surface area contributed by atoms with Gasteiger partial charge in [0.25, 0.3) is 0 Å². The Hall–Kier alpha value is -0.430. The summed E-state index contributed by atoms with van der Waals surface area (Å²) in [5.74, 6) is 1.29. The summed E-state index contributed by atoms with van der Waals surface area (Å²) < 4.78 is 6.07. The van der Waals surface area contributed by atoms with Crippen molar-refractivity contribution in [2.45, 2.75) is 13.3 Å². The maximum absolute atomic E-state index is 5.63. The van der Waals surface area contributed by atoms with Crippen LogP contribution < -0.4 is 5.73 Å². The van der Waals surface area contributed by atoms with Crippen molar-refractivity contribution in [2.24, 2.45) is 0 Å². The second-order valence-electron chi connectivity index (χ2n) is 2.47. The summed E-state index contributed by atoms with van der Waals surface area (Å²) >= 11 is 2.10. The van der Waals surface area contributed by atoms with Crippen LogP contribution in [0.25, 0.3) is 0 Å². The van der Waals surface area contributed by atoms with E-state index in [1.54, 1.807) is 6.20 Å². The molecule has 0 amide bonds. The third kappa shape index (κ3) is 3.43. The highest BCUT2D eigenvalue weighted by Gasteiger charge is 2.00. The van der Waals surface area contributed by atoms with Gasteiger partial charge in [-0.15, -0.1) is 0 Å². The van der Waals surface area contributed by atoms with Gasteiger partial charge in [0.05, 0.1) is 10.2 Å². The zero-order valence-electron chi connectivity index (χ0n) is 7.46. The molecule has 0 atom stereocenters. The summed E-state index contributed by atoms with van der Waals surface area (Å²) in [5, 5.41) is 0. The Morgan fingerprint density at radius 3 is 3.00 bits per heavy atom. The summed E-state index contributed by atoms with van der Waals surface area (Å²) in [4.78, 5) is 8.26. The fourth-order valence-electron chi connectivity index (χ4n) is 0.847. The molecule has 1 aromatic rings. The standard InChI is InChI=1S/C8H12IN3O/c1-2-13-4-3-7-11-5-6(9)8(10)12-7/h5H,2-4H2,1H3,(H2,10,11,12). The number of nitrogens with zero attached hydrogens (tertiary/aromatic N) is 2. The first kappa shape index (κ1) is 10.6. The van der Waals surface area contributed by atoms with Gasteiger partial charge in [0.1, 0.15) is 11.6 Å². The molecule has 0 fully saturated rings. The zero-order valence-corrected chi connectivity index (χ0v) is 9.61. The quantitative estimate of drug-likeness (QED) is 0.670. The van der Waals surface area contributed by atoms with E-state index >= 15 is 0 Å². The Kier molecular flexibility index (Phi) is 4.37. The number of ether oxygens (including phenoxy) is 1. The number of nitrogens with two attached hydrogens (primary N) is 1. The molecule has 0 bridgehead atoms. The molecule has 72 valence electrons. The van der Waals surface area contributed by atoms with Crippen LogP contribution in [0.2, 0.25) is 0 Å². The number of halogens is 1. The predicted molar refractivity (Wildman–Crippen MR) is 59.4 cm³/mol. The summed E-state index contributed by atoms with van der Waals surface area (Å²) in [5.41, 5.74) is 5.63. The fourth-order valence-corrected chi connectivity index (χ4v) is 1.11. The van der Waals surface area contributed by atoms with Gasteiger partial charge >= 0.3 is 0 Å². The molecule has 5 heteroatoms. The first-order chi connectivity index (χ1) is 6.24. The van der Waals surface area contributed by atoms with Crippen molar-refractivity contribution in [1.29, 1.82) is 0 Å². The van der Waals surface area contributed by atoms with E-state index in [9.17, 15) is 0 Å². The lowest BCUT2D eigenvalue weighted by Crippen LogP contribution is -2.05. The van der Waals surface area contributed by atoms with Crippen LogP contribution in [-0.4, -0.2) is 23.2 Å². The van der Waals surface area contributed by atoms with E-state index in [0.717, 1.165) is 22.4 Å². The van der Waals surface area contributed by atoms with E-state index in [0.29, 0.717) is 12.4 Å². The highest BCUT2D eigenvalue weighted by molar-refractivity contribution is 14.1. The number of rotatable bonds is 4. The van der Waals surface area contributed by atoms with Gasteiger partial charge in [0.15, 0.2) is 0 Å². The molecular weight excluding hydrogens is 281 g/mol. The average Bonchev–Trinajstić information content (AvgIpc) is 2.12. The highest BCUT2D eigenvalue weighted by atomic mass is 127. The van der Waals surface area contributed by atoms with Crippen LogP contribution in [0, 0.1) is 3.57 Å². The third-order valence-electron chi connectivity index (χ3n) is 1.50. The van der Waals surface area contributed by atoms with E-state index in [1.807, 2.05) is 6.92 Å². The Bertz CT molecular complexity index is 280. The lowest BCUT2D eigenvalue weighted by atomic mass is 10.4. The van der Waals surface area contributed by atoms with Crippen LogP contribution >= 0.6 is 22.6 Å². The minimum Gasteiger partial charge on any atom is -0.383 e. The second-order valence-corrected chi connectivity index (χ2v) is 3.63. The van der Waals surface area contributed by atoms with E-state index in [-0.39, 0.29) is 0 Å². The molecule has 0 aromatic carbocycles. The topological polar surface area (TPSA) is 61.0 Å². The van der Waals surface area contributed by atoms with Crippen molar-refractivity contribution in [1.82, 2.24) is 9.97 Å². The highest BCUT2D eigenvalue weighted by Crippen LogP contribution is 2.09. The molecule has 0 aliphatic heterocycles. The molecule has 0 aliphatic carbocycles. The maximum Gasteiger partial charge on any atom is 0.140 e. The van der Waals surface area contributed by atoms with Gasteiger partial charge in [-0.25, -0.2) is 9.97 Å². The van der Waals surface area contributed by atoms with Crippen LogP contribution in [0.5, 0.6) is 0 Å². The van der Waals surface area contributed by atoms with E-state index in [4.69, 9.17) is 10.5 Å². The Morgan fingerprint density at radius 1 is 1.62 bits per heavy atom. The van der Waals surface area contributed by atoms with Crippen molar-refractivity contribution in [3.8, 4) is 0 Å². The van der Waals surface area contributed by atoms with Crippen LogP contribution in [0.4, 0.5) is 5.82 Å². The van der Waals surface area contributed by atoms with Gasteiger partial charge in [-0.05, 0) is 29.5 Å². The first-order valence-electron chi connectivity index (χ1n) is 4.08. The third-order valence-corrected chi connectivity index (χ3v) is 2.33. The number of nitrogen functional groups attached to an aromatic ring is 1. The Labute approximate surface area is 91.0 Å². The second kappa shape index (κ2) is 5.33. The molecule has 1 aromatic heterocycles. The molecule has 13 heavy (non-hydrogen) atoms. The largest absolute Gasteiger partial charge is 0.383 e. The molecule has 0 saturated heterocycles. The summed E-state index contributed by atoms with van der Waals surface area (Å²) in [6.07, 6.45) is 2.44. The molecule has 0 aliphatic rings. The summed E-state index contributed by atoms with van der Waals surface area (Å²) in [7, 11) is 0. The molecule has 0 saturated carbocycles. The average molecular weight is 293 g/mol. The van der Waals surface area contributed by atoms with Crippen LogP contribution in [0.15, 0.2) is 6.20 Å². The Balaban J connectivity index is 2.53. The van der Waals surface area contributed by atoms with E-state index < -0.39 is 0 Å². The van der Waals surface area contributed by atoms with Crippen LogP contribution in [0.1, 0.15) is 12.7 Å². The van der Waals surface area contributed by atoms with Gasteiger partial charge in [-0.2, -0.15) is 0 Å². The SMILES string of the molecule is CCOCCc1ncc(I)c(N)n1. The smallest absolute Gasteiger partial charge is 0.140 e. The predicted octanol–water partition coefficient (Wildman–Crippen LogP) is 1.24. The molecule has 0 spiro atoms. The molecule has 0 radical (unpaired) electrons. The summed E-state index contributed by atoms with van der Waals surface area (Å²) in [6.45, 7) is 3.33. The summed E-state index contributed by atoms with van der Waals surface area (Å²) in [6, 6.07) is 0. The number of hydrogen-bond donors (Lipinski definition) is 1. The van der Waals surface area contributed by atoms with Crippen molar-refractivity contribution in [3.63, 3.8) is 0 Å². The van der Waals surface area contributed by atoms with E-state index in [2.05, 4.69) is 32.6 Å². The maximum atomic E-state index is 5.63. The first-order valence-corrected chi connectivity index (χ1v) is 5.16. The van der Waals surface area contributed by atoms with Gasteiger partial charge < -0.3 is 10.5 Å². The monoisotopic (exact) mass is 293 g/mol. The minimum atomic E-state index is 0.544. The Morgan fingerprint density at radius 2 is 2.38 bits per heavy atom. The lowest BCUT2D eigenvalue weighted by molar-refractivity contribution is 0.149. The fraction of sp³-hybridized carbons (Fsp3) is 0.500. The molecule has 1 heterocycles. The van der Waals surface area contributed by atoms with Gasteiger partial charge in [0.2, 0.25) is 0 Å².